The molecule has 3 heteroatoms. The quantitative estimate of drug-likeness (QED) is 0.629. The van der Waals surface area contributed by atoms with Crippen molar-refractivity contribution in [1.82, 2.24) is 0 Å². The van der Waals surface area contributed by atoms with Crippen LogP contribution in [0.25, 0.3) is 0 Å². The van der Waals surface area contributed by atoms with Gasteiger partial charge in [-0.3, -0.25) is 0 Å². The van der Waals surface area contributed by atoms with Crippen molar-refractivity contribution < 1.29 is 14.6 Å². The van der Waals surface area contributed by atoms with Crippen LogP contribution in [0.1, 0.15) is 53.4 Å². The molecule has 0 spiro atoms. The van der Waals surface area contributed by atoms with Gasteiger partial charge in [-0.25, -0.2) is 0 Å². The van der Waals surface area contributed by atoms with Gasteiger partial charge in [0.05, 0.1) is 31.5 Å². The normalized spacial score (nSPS) is 15.4. The second-order valence-corrected chi connectivity index (χ2v) is 4.57. The van der Waals surface area contributed by atoms with Gasteiger partial charge in [-0.05, 0) is 26.7 Å². The van der Waals surface area contributed by atoms with E-state index in [2.05, 4.69) is 13.8 Å². The average molecular weight is 232 g/mol. The van der Waals surface area contributed by atoms with Crippen molar-refractivity contribution in [3.8, 4) is 0 Å². The van der Waals surface area contributed by atoms with Crippen molar-refractivity contribution in [2.45, 2.75) is 71.7 Å². The lowest BCUT2D eigenvalue weighted by molar-refractivity contribution is -0.0645. The summed E-state index contributed by atoms with van der Waals surface area (Å²) in [7, 11) is 0. The maximum absolute atomic E-state index is 9.58. The van der Waals surface area contributed by atoms with Crippen LogP contribution in [-0.4, -0.2) is 36.6 Å². The van der Waals surface area contributed by atoms with E-state index < -0.39 is 0 Å². The Morgan fingerprint density at radius 2 is 1.56 bits per heavy atom. The van der Waals surface area contributed by atoms with E-state index in [4.69, 9.17) is 9.47 Å². The van der Waals surface area contributed by atoms with E-state index in [1.54, 1.807) is 0 Å². The third-order valence-electron chi connectivity index (χ3n) is 2.37. The molecule has 1 N–H and O–H groups in total. The summed E-state index contributed by atoms with van der Waals surface area (Å²) in [5, 5.41) is 9.58. The summed E-state index contributed by atoms with van der Waals surface area (Å²) in [4.78, 5) is 0. The van der Waals surface area contributed by atoms with Crippen molar-refractivity contribution in [3.63, 3.8) is 0 Å². The molecule has 0 rings (SSSR count). The van der Waals surface area contributed by atoms with Crippen molar-refractivity contribution in [2.24, 2.45) is 0 Å². The SMILES string of the molecule is CCCC(O)COC(CCC)COC(C)C. The van der Waals surface area contributed by atoms with Gasteiger partial charge in [-0.1, -0.05) is 26.7 Å². The first kappa shape index (κ1) is 15.9. The van der Waals surface area contributed by atoms with E-state index in [1.165, 1.54) is 0 Å². The standard InChI is InChI=1S/C13H28O3/c1-5-7-12(14)9-16-13(8-6-2)10-15-11(3)4/h11-14H,5-10H2,1-4H3. The highest BCUT2D eigenvalue weighted by molar-refractivity contribution is 4.60. The van der Waals surface area contributed by atoms with E-state index in [9.17, 15) is 5.11 Å². The van der Waals surface area contributed by atoms with Crippen molar-refractivity contribution in [2.75, 3.05) is 13.2 Å². The maximum atomic E-state index is 9.58. The Balaban J connectivity index is 3.74. The van der Waals surface area contributed by atoms with Crippen LogP contribution in [-0.2, 0) is 9.47 Å². The number of aliphatic hydroxyl groups excluding tert-OH is 1. The number of ether oxygens (including phenoxy) is 2. The number of aliphatic hydroxyl groups is 1. The van der Waals surface area contributed by atoms with Gasteiger partial charge in [0, 0.05) is 0 Å². The molecule has 2 unspecified atom stereocenters. The van der Waals surface area contributed by atoms with Gasteiger partial charge in [-0.2, -0.15) is 0 Å². The third kappa shape index (κ3) is 9.13. The predicted molar refractivity (Wildman–Crippen MR) is 66.7 cm³/mol. The molecule has 0 aromatic carbocycles. The third-order valence-corrected chi connectivity index (χ3v) is 2.37. The molecule has 0 bridgehead atoms. The summed E-state index contributed by atoms with van der Waals surface area (Å²) in [5.74, 6) is 0. The molecule has 0 fully saturated rings. The van der Waals surface area contributed by atoms with Crippen LogP contribution in [0.2, 0.25) is 0 Å². The van der Waals surface area contributed by atoms with E-state index in [0.717, 1.165) is 25.7 Å². The van der Waals surface area contributed by atoms with Gasteiger partial charge in [0.25, 0.3) is 0 Å². The molecule has 0 aromatic rings. The van der Waals surface area contributed by atoms with Crippen molar-refractivity contribution in [3.05, 3.63) is 0 Å². The molecular weight excluding hydrogens is 204 g/mol. The lowest BCUT2D eigenvalue weighted by atomic mass is 10.2. The van der Waals surface area contributed by atoms with E-state index in [-0.39, 0.29) is 18.3 Å². The molecule has 0 amide bonds. The fourth-order valence-electron chi connectivity index (χ4n) is 1.50. The number of hydrogen-bond acceptors (Lipinski definition) is 3. The topological polar surface area (TPSA) is 38.7 Å². The molecule has 3 nitrogen and oxygen atoms in total. The van der Waals surface area contributed by atoms with Crippen LogP contribution < -0.4 is 0 Å². The Morgan fingerprint density at radius 1 is 0.938 bits per heavy atom. The van der Waals surface area contributed by atoms with Crippen molar-refractivity contribution in [1.29, 1.82) is 0 Å². The Kier molecular flexibility index (Phi) is 9.99. The van der Waals surface area contributed by atoms with Gasteiger partial charge in [0.1, 0.15) is 0 Å². The lowest BCUT2D eigenvalue weighted by Crippen LogP contribution is -2.26. The zero-order chi connectivity index (χ0) is 12.4. The molecule has 0 radical (unpaired) electrons. The van der Waals surface area contributed by atoms with Crippen LogP contribution >= 0.6 is 0 Å². The van der Waals surface area contributed by atoms with Crippen LogP contribution in [0.4, 0.5) is 0 Å². The van der Waals surface area contributed by atoms with Gasteiger partial charge >= 0.3 is 0 Å². The van der Waals surface area contributed by atoms with Crippen LogP contribution in [0.3, 0.4) is 0 Å². The predicted octanol–water partition coefficient (Wildman–Crippen LogP) is 2.76. The molecule has 16 heavy (non-hydrogen) atoms. The first-order chi connectivity index (χ1) is 7.60. The maximum Gasteiger partial charge on any atom is 0.0809 e. The molecule has 0 heterocycles. The minimum atomic E-state index is -0.330. The van der Waals surface area contributed by atoms with Crippen molar-refractivity contribution >= 4 is 0 Å². The zero-order valence-corrected chi connectivity index (χ0v) is 11.2. The molecule has 0 aliphatic carbocycles. The smallest absolute Gasteiger partial charge is 0.0809 e. The Morgan fingerprint density at radius 3 is 2.06 bits per heavy atom. The van der Waals surface area contributed by atoms with Gasteiger partial charge in [0.15, 0.2) is 0 Å². The minimum Gasteiger partial charge on any atom is -0.391 e. The summed E-state index contributed by atoms with van der Waals surface area (Å²) in [5.41, 5.74) is 0. The molecule has 0 aliphatic heterocycles. The summed E-state index contributed by atoms with van der Waals surface area (Å²) in [6, 6.07) is 0. The molecule has 0 aromatic heterocycles. The summed E-state index contributed by atoms with van der Waals surface area (Å²) in [6.07, 6.45) is 3.91. The van der Waals surface area contributed by atoms with Gasteiger partial charge in [0.2, 0.25) is 0 Å². The van der Waals surface area contributed by atoms with Crippen LogP contribution in [0.15, 0.2) is 0 Å². The first-order valence-electron chi connectivity index (χ1n) is 6.51. The van der Waals surface area contributed by atoms with E-state index in [0.29, 0.717) is 13.2 Å². The van der Waals surface area contributed by atoms with Gasteiger partial charge < -0.3 is 14.6 Å². The Bertz CT molecular complexity index is 148. The highest BCUT2D eigenvalue weighted by Gasteiger charge is 2.12. The molecular formula is C13H28O3. The highest BCUT2D eigenvalue weighted by Crippen LogP contribution is 2.07. The second kappa shape index (κ2) is 10.1. The molecule has 0 saturated carbocycles. The number of hydrogen-bond donors (Lipinski definition) is 1. The zero-order valence-electron chi connectivity index (χ0n) is 11.2. The lowest BCUT2D eigenvalue weighted by Gasteiger charge is -2.20. The fourth-order valence-corrected chi connectivity index (χ4v) is 1.50. The summed E-state index contributed by atoms with van der Waals surface area (Å²) < 4.78 is 11.2. The second-order valence-electron chi connectivity index (χ2n) is 4.57. The van der Waals surface area contributed by atoms with Crippen LogP contribution in [0, 0.1) is 0 Å². The highest BCUT2D eigenvalue weighted by atomic mass is 16.5. The fraction of sp³-hybridized carbons (Fsp3) is 1.00. The first-order valence-corrected chi connectivity index (χ1v) is 6.51. The average Bonchev–Trinajstić information content (AvgIpc) is 2.22. The molecule has 0 aliphatic rings. The largest absolute Gasteiger partial charge is 0.391 e. The monoisotopic (exact) mass is 232 g/mol. The Hall–Kier alpha value is -0.120. The molecule has 0 saturated heterocycles. The van der Waals surface area contributed by atoms with Crippen LogP contribution in [0.5, 0.6) is 0 Å². The number of rotatable bonds is 10. The molecule has 2 atom stereocenters. The minimum absolute atomic E-state index is 0.124. The Labute approximate surface area is 100 Å². The summed E-state index contributed by atoms with van der Waals surface area (Å²) in [6.45, 7) is 9.30. The van der Waals surface area contributed by atoms with E-state index in [1.807, 2.05) is 13.8 Å². The summed E-state index contributed by atoms with van der Waals surface area (Å²) >= 11 is 0. The molecule has 98 valence electrons. The van der Waals surface area contributed by atoms with E-state index >= 15 is 0 Å². The van der Waals surface area contributed by atoms with Gasteiger partial charge in [-0.15, -0.1) is 0 Å².